The lowest BCUT2D eigenvalue weighted by Crippen LogP contribution is -2.00. The third-order valence-electron chi connectivity index (χ3n) is 3.10. The number of nitrogens with zero attached hydrogens (tertiary/aromatic N) is 1. The number of hydrogen-bond donors (Lipinski definition) is 1. The van der Waals surface area contributed by atoms with Crippen LogP contribution in [0.2, 0.25) is 0 Å². The van der Waals surface area contributed by atoms with Crippen molar-refractivity contribution in [2.45, 2.75) is 26.2 Å². The quantitative estimate of drug-likeness (QED) is 0.798. The average molecular weight is 214 g/mol. The van der Waals surface area contributed by atoms with Gasteiger partial charge in [0.2, 0.25) is 0 Å². The van der Waals surface area contributed by atoms with Crippen molar-refractivity contribution in [2.24, 2.45) is 5.92 Å². The van der Waals surface area contributed by atoms with Gasteiger partial charge in [-0.05, 0) is 31.0 Å². The van der Waals surface area contributed by atoms with E-state index < -0.39 is 0 Å². The van der Waals surface area contributed by atoms with Crippen LogP contribution in [-0.2, 0) is 6.42 Å². The molecule has 0 saturated heterocycles. The number of nitrogens with one attached hydrogen (secondary N) is 1. The van der Waals surface area contributed by atoms with Gasteiger partial charge in [-0.3, -0.25) is 4.79 Å². The van der Waals surface area contributed by atoms with Crippen molar-refractivity contribution < 1.29 is 4.79 Å². The van der Waals surface area contributed by atoms with Crippen molar-refractivity contribution in [3.8, 4) is 0 Å². The number of aromatic nitrogens is 2. The fourth-order valence-electron chi connectivity index (χ4n) is 1.96. The van der Waals surface area contributed by atoms with Crippen LogP contribution in [0.3, 0.4) is 0 Å². The molecular weight excluding hydrogens is 200 g/mol. The summed E-state index contributed by atoms with van der Waals surface area (Å²) >= 11 is 0. The number of aryl methyl sites for hydroxylation is 1. The minimum absolute atomic E-state index is 0.283. The molecule has 0 aliphatic heterocycles. The standard InChI is InChI=1S/C13H14N2O/c1-2-12-14-10-6-5-9(7-11(10)15-12)13(16)8-3-4-8/h5-8H,2-4H2,1H3,(H,14,15). The number of imidazole rings is 1. The highest BCUT2D eigenvalue weighted by Crippen LogP contribution is 2.33. The van der Waals surface area contributed by atoms with Gasteiger partial charge in [0.15, 0.2) is 5.78 Å². The van der Waals surface area contributed by atoms with E-state index in [0.717, 1.165) is 41.7 Å². The van der Waals surface area contributed by atoms with Gasteiger partial charge >= 0.3 is 0 Å². The van der Waals surface area contributed by atoms with E-state index >= 15 is 0 Å². The van der Waals surface area contributed by atoms with E-state index in [1.54, 1.807) is 0 Å². The van der Waals surface area contributed by atoms with Crippen LogP contribution in [0.4, 0.5) is 0 Å². The van der Waals surface area contributed by atoms with Crippen molar-refractivity contribution in [2.75, 3.05) is 0 Å². The molecule has 2 aromatic rings. The molecule has 1 N–H and O–H groups in total. The normalized spacial score (nSPS) is 15.6. The number of carbonyl (C=O) groups excluding carboxylic acids is 1. The van der Waals surface area contributed by atoms with Crippen LogP contribution >= 0.6 is 0 Å². The minimum Gasteiger partial charge on any atom is -0.342 e. The lowest BCUT2D eigenvalue weighted by molar-refractivity contribution is 0.0968. The first-order valence-electron chi connectivity index (χ1n) is 5.81. The van der Waals surface area contributed by atoms with E-state index in [0.29, 0.717) is 0 Å². The Morgan fingerprint density at radius 2 is 2.31 bits per heavy atom. The van der Waals surface area contributed by atoms with E-state index in [1.807, 2.05) is 18.2 Å². The summed E-state index contributed by atoms with van der Waals surface area (Å²) in [6, 6.07) is 5.76. The molecule has 3 nitrogen and oxygen atoms in total. The second-order valence-electron chi connectivity index (χ2n) is 4.41. The highest BCUT2D eigenvalue weighted by Gasteiger charge is 2.30. The summed E-state index contributed by atoms with van der Waals surface area (Å²) in [6.07, 6.45) is 3.00. The molecule has 3 heteroatoms. The van der Waals surface area contributed by atoms with E-state index in [1.165, 1.54) is 0 Å². The fourth-order valence-corrected chi connectivity index (χ4v) is 1.96. The number of fused-ring (bicyclic) bond motifs is 1. The Hall–Kier alpha value is -1.64. The summed E-state index contributed by atoms with van der Waals surface area (Å²) in [6.45, 7) is 2.06. The molecule has 0 radical (unpaired) electrons. The van der Waals surface area contributed by atoms with Gasteiger partial charge in [0.25, 0.3) is 0 Å². The summed E-state index contributed by atoms with van der Waals surface area (Å²) < 4.78 is 0. The molecule has 1 aromatic heterocycles. The highest BCUT2D eigenvalue weighted by molar-refractivity contribution is 6.01. The lowest BCUT2D eigenvalue weighted by atomic mass is 10.1. The van der Waals surface area contributed by atoms with Crippen LogP contribution in [0.25, 0.3) is 11.0 Å². The maximum atomic E-state index is 11.9. The van der Waals surface area contributed by atoms with E-state index in [9.17, 15) is 4.79 Å². The van der Waals surface area contributed by atoms with Crippen LogP contribution in [-0.4, -0.2) is 15.8 Å². The fraction of sp³-hybridized carbons (Fsp3) is 0.385. The number of rotatable bonds is 3. The number of benzene rings is 1. The van der Waals surface area contributed by atoms with E-state index in [4.69, 9.17) is 0 Å². The first-order chi connectivity index (χ1) is 7.78. The van der Waals surface area contributed by atoms with Gasteiger partial charge in [-0.2, -0.15) is 0 Å². The van der Waals surface area contributed by atoms with E-state index in [-0.39, 0.29) is 11.7 Å². The molecule has 82 valence electrons. The van der Waals surface area contributed by atoms with Gasteiger partial charge in [0.1, 0.15) is 5.82 Å². The molecule has 1 saturated carbocycles. The van der Waals surface area contributed by atoms with Crippen molar-refractivity contribution in [3.63, 3.8) is 0 Å². The molecular formula is C13H14N2O. The molecule has 0 unspecified atom stereocenters. The largest absolute Gasteiger partial charge is 0.342 e. The number of ketones is 1. The Kier molecular flexibility index (Phi) is 2.06. The number of hydrogen-bond acceptors (Lipinski definition) is 2. The minimum atomic E-state index is 0.283. The van der Waals surface area contributed by atoms with Crippen molar-refractivity contribution in [1.29, 1.82) is 0 Å². The van der Waals surface area contributed by atoms with Crippen LogP contribution < -0.4 is 0 Å². The summed E-state index contributed by atoms with van der Waals surface area (Å²) in [5, 5.41) is 0. The number of aromatic amines is 1. The first-order valence-corrected chi connectivity index (χ1v) is 5.81. The predicted molar refractivity (Wildman–Crippen MR) is 62.5 cm³/mol. The SMILES string of the molecule is CCc1nc2ccc(C(=O)C3CC3)cc2[nH]1. The number of Topliss-reactive ketones (excluding diaryl/α,β-unsaturated/α-hetero) is 1. The Bertz CT molecular complexity index is 552. The monoisotopic (exact) mass is 214 g/mol. The van der Waals surface area contributed by atoms with Crippen LogP contribution in [0.15, 0.2) is 18.2 Å². The summed E-state index contributed by atoms with van der Waals surface area (Å²) in [5.74, 6) is 1.55. The molecule has 0 amide bonds. The van der Waals surface area contributed by atoms with Crippen LogP contribution in [0, 0.1) is 5.92 Å². The van der Waals surface area contributed by atoms with Gasteiger partial charge < -0.3 is 4.98 Å². The van der Waals surface area contributed by atoms with E-state index in [2.05, 4.69) is 16.9 Å². The molecule has 16 heavy (non-hydrogen) atoms. The summed E-state index contributed by atoms with van der Waals surface area (Å²) in [5.41, 5.74) is 2.74. The van der Waals surface area contributed by atoms with Gasteiger partial charge in [0.05, 0.1) is 11.0 Å². The Morgan fingerprint density at radius 3 is 3.00 bits per heavy atom. The highest BCUT2D eigenvalue weighted by atomic mass is 16.1. The second kappa shape index (κ2) is 3.44. The van der Waals surface area contributed by atoms with Crippen molar-refractivity contribution in [1.82, 2.24) is 9.97 Å². The van der Waals surface area contributed by atoms with Gasteiger partial charge in [-0.25, -0.2) is 4.98 Å². The zero-order valence-electron chi connectivity index (χ0n) is 9.29. The second-order valence-corrected chi connectivity index (χ2v) is 4.41. The average Bonchev–Trinajstić information content (AvgIpc) is 3.06. The third-order valence-corrected chi connectivity index (χ3v) is 3.10. The summed E-state index contributed by atoms with van der Waals surface area (Å²) in [4.78, 5) is 19.6. The Labute approximate surface area is 93.9 Å². The Morgan fingerprint density at radius 1 is 1.50 bits per heavy atom. The van der Waals surface area contributed by atoms with Crippen molar-refractivity contribution in [3.05, 3.63) is 29.6 Å². The number of H-pyrrole nitrogens is 1. The third kappa shape index (κ3) is 1.52. The van der Waals surface area contributed by atoms with Crippen molar-refractivity contribution >= 4 is 16.8 Å². The van der Waals surface area contributed by atoms with Crippen LogP contribution in [0.5, 0.6) is 0 Å². The molecule has 1 heterocycles. The lowest BCUT2D eigenvalue weighted by Gasteiger charge is -1.97. The molecule has 1 aromatic carbocycles. The molecule has 1 fully saturated rings. The zero-order valence-corrected chi connectivity index (χ0v) is 9.29. The molecule has 0 bridgehead atoms. The van der Waals surface area contributed by atoms with Gasteiger partial charge in [-0.1, -0.05) is 6.92 Å². The maximum Gasteiger partial charge on any atom is 0.166 e. The Balaban J connectivity index is 2.03. The molecule has 1 aliphatic rings. The topological polar surface area (TPSA) is 45.8 Å². The molecule has 1 aliphatic carbocycles. The summed E-state index contributed by atoms with van der Waals surface area (Å²) in [7, 11) is 0. The number of carbonyl (C=O) groups is 1. The smallest absolute Gasteiger partial charge is 0.166 e. The van der Waals surface area contributed by atoms with Gasteiger partial charge in [-0.15, -0.1) is 0 Å². The zero-order chi connectivity index (χ0) is 11.1. The van der Waals surface area contributed by atoms with Crippen LogP contribution in [0.1, 0.15) is 35.9 Å². The molecule has 3 rings (SSSR count). The van der Waals surface area contributed by atoms with Gasteiger partial charge in [0, 0.05) is 17.9 Å². The predicted octanol–water partition coefficient (Wildman–Crippen LogP) is 2.72. The first kappa shape index (κ1) is 9.58. The molecule has 0 spiro atoms. The maximum absolute atomic E-state index is 11.9. The molecule has 0 atom stereocenters.